The van der Waals surface area contributed by atoms with Crippen LogP contribution >= 0.6 is 0 Å². The molecule has 0 aliphatic carbocycles. The first-order valence-corrected chi connectivity index (χ1v) is 7.39. The third kappa shape index (κ3) is 3.73. The molecule has 1 aliphatic heterocycles. The monoisotopic (exact) mass is 283 g/mol. The maximum Gasteiger partial charge on any atom is 0.0642 e. The normalized spacial score (nSPS) is 15.0. The molecule has 3 rings (SSSR count). The van der Waals surface area contributed by atoms with Crippen molar-refractivity contribution in [1.29, 1.82) is 0 Å². The summed E-state index contributed by atoms with van der Waals surface area (Å²) in [6, 6.07) is 12.7. The quantitative estimate of drug-likeness (QED) is 0.936. The molecule has 0 saturated carbocycles. The maximum atomic E-state index is 5.38. The molecule has 1 aromatic heterocycles. The fourth-order valence-electron chi connectivity index (χ4n) is 2.41. The van der Waals surface area contributed by atoms with E-state index in [1.54, 1.807) is 0 Å². The summed E-state index contributed by atoms with van der Waals surface area (Å²) in [6.45, 7) is 6.38. The van der Waals surface area contributed by atoms with E-state index < -0.39 is 0 Å². The van der Waals surface area contributed by atoms with Crippen LogP contribution in [-0.4, -0.2) is 31.3 Å². The maximum absolute atomic E-state index is 5.38. The van der Waals surface area contributed by atoms with Gasteiger partial charge in [-0.05, 0) is 42.8 Å². The summed E-state index contributed by atoms with van der Waals surface area (Å²) in [4.78, 5) is 6.76. The molecule has 1 aromatic carbocycles. The Bertz CT molecular complexity index is 560. The van der Waals surface area contributed by atoms with Gasteiger partial charge in [0.25, 0.3) is 0 Å². The van der Waals surface area contributed by atoms with Crippen LogP contribution < -0.4 is 10.2 Å². The Hall–Kier alpha value is -2.07. The van der Waals surface area contributed by atoms with E-state index in [-0.39, 0.29) is 0 Å². The van der Waals surface area contributed by atoms with Crippen molar-refractivity contribution in [2.45, 2.75) is 13.5 Å². The molecule has 0 bridgehead atoms. The molecule has 0 amide bonds. The lowest BCUT2D eigenvalue weighted by Crippen LogP contribution is -2.36. The van der Waals surface area contributed by atoms with E-state index in [0.717, 1.165) is 44.2 Å². The summed E-state index contributed by atoms with van der Waals surface area (Å²) >= 11 is 0. The standard InChI is InChI=1S/C17H21N3O/c1-14-2-3-16(18-12-14)13-19-15-4-6-17(7-5-15)20-8-10-21-11-9-20/h2-7,12,19H,8-11,13H2,1H3. The summed E-state index contributed by atoms with van der Waals surface area (Å²) < 4.78 is 5.38. The third-order valence-corrected chi connectivity index (χ3v) is 3.69. The van der Waals surface area contributed by atoms with Crippen molar-refractivity contribution in [1.82, 2.24) is 4.98 Å². The van der Waals surface area contributed by atoms with E-state index in [2.05, 4.69) is 58.5 Å². The van der Waals surface area contributed by atoms with Crippen LogP contribution in [0.25, 0.3) is 0 Å². The Morgan fingerprint density at radius 1 is 1.10 bits per heavy atom. The van der Waals surface area contributed by atoms with Crippen LogP contribution in [0, 0.1) is 6.92 Å². The number of nitrogens with one attached hydrogen (secondary N) is 1. The van der Waals surface area contributed by atoms with Gasteiger partial charge in [-0.1, -0.05) is 6.07 Å². The van der Waals surface area contributed by atoms with Crippen molar-refractivity contribution in [3.63, 3.8) is 0 Å². The summed E-state index contributed by atoms with van der Waals surface area (Å²) in [7, 11) is 0. The minimum atomic E-state index is 0.747. The van der Waals surface area contributed by atoms with Crippen LogP contribution in [0.15, 0.2) is 42.6 Å². The van der Waals surface area contributed by atoms with Gasteiger partial charge in [-0.25, -0.2) is 0 Å². The highest BCUT2D eigenvalue weighted by atomic mass is 16.5. The summed E-state index contributed by atoms with van der Waals surface area (Å²) in [5.74, 6) is 0. The van der Waals surface area contributed by atoms with Crippen LogP contribution in [0.1, 0.15) is 11.3 Å². The molecule has 4 heteroatoms. The average Bonchev–Trinajstić information content (AvgIpc) is 2.56. The third-order valence-electron chi connectivity index (χ3n) is 3.69. The Morgan fingerprint density at radius 2 is 1.86 bits per heavy atom. The SMILES string of the molecule is Cc1ccc(CNc2ccc(N3CCOCC3)cc2)nc1. The molecular formula is C17H21N3O. The summed E-state index contributed by atoms with van der Waals surface area (Å²) in [5.41, 5.74) is 4.62. The van der Waals surface area contributed by atoms with E-state index in [4.69, 9.17) is 4.74 Å². The smallest absolute Gasteiger partial charge is 0.0642 e. The highest BCUT2D eigenvalue weighted by Gasteiger charge is 2.10. The van der Waals surface area contributed by atoms with Gasteiger partial charge in [-0.2, -0.15) is 0 Å². The van der Waals surface area contributed by atoms with E-state index in [0.29, 0.717) is 0 Å². The highest BCUT2D eigenvalue weighted by molar-refractivity contribution is 5.55. The van der Waals surface area contributed by atoms with Crippen molar-refractivity contribution in [2.75, 3.05) is 36.5 Å². The molecule has 110 valence electrons. The van der Waals surface area contributed by atoms with Crippen LogP contribution in [0.2, 0.25) is 0 Å². The first-order chi connectivity index (χ1) is 10.3. The van der Waals surface area contributed by atoms with Gasteiger partial charge in [0, 0.05) is 30.7 Å². The molecular weight excluding hydrogens is 262 g/mol. The molecule has 21 heavy (non-hydrogen) atoms. The lowest BCUT2D eigenvalue weighted by molar-refractivity contribution is 0.122. The number of anilines is 2. The van der Waals surface area contributed by atoms with Crippen LogP contribution in [0.3, 0.4) is 0 Å². The summed E-state index contributed by atoms with van der Waals surface area (Å²) in [5, 5.41) is 3.40. The van der Waals surface area contributed by atoms with Crippen LogP contribution in [0.4, 0.5) is 11.4 Å². The number of benzene rings is 1. The Morgan fingerprint density at radius 3 is 2.52 bits per heavy atom. The molecule has 1 fully saturated rings. The minimum absolute atomic E-state index is 0.747. The number of hydrogen-bond acceptors (Lipinski definition) is 4. The molecule has 2 heterocycles. The minimum Gasteiger partial charge on any atom is -0.379 e. The van der Waals surface area contributed by atoms with Gasteiger partial charge in [0.2, 0.25) is 0 Å². The van der Waals surface area contributed by atoms with Gasteiger partial charge >= 0.3 is 0 Å². The number of morpholine rings is 1. The van der Waals surface area contributed by atoms with Gasteiger partial charge < -0.3 is 15.0 Å². The molecule has 1 saturated heterocycles. The Balaban J connectivity index is 1.57. The second-order valence-electron chi connectivity index (χ2n) is 5.33. The largest absolute Gasteiger partial charge is 0.379 e. The van der Waals surface area contributed by atoms with Gasteiger partial charge in [-0.3, -0.25) is 4.98 Å². The first-order valence-electron chi connectivity index (χ1n) is 7.39. The Labute approximate surface area is 125 Å². The number of hydrogen-bond donors (Lipinski definition) is 1. The fraction of sp³-hybridized carbons (Fsp3) is 0.353. The summed E-state index contributed by atoms with van der Waals surface area (Å²) in [6.07, 6.45) is 1.90. The predicted octanol–water partition coefficient (Wildman–Crippen LogP) is 2.84. The topological polar surface area (TPSA) is 37.4 Å². The predicted molar refractivity (Wildman–Crippen MR) is 85.8 cm³/mol. The molecule has 0 radical (unpaired) electrons. The molecule has 1 N–H and O–H groups in total. The van der Waals surface area contributed by atoms with Crippen LogP contribution in [-0.2, 0) is 11.3 Å². The molecule has 0 unspecified atom stereocenters. The number of aryl methyl sites for hydroxylation is 1. The lowest BCUT2D eigenvalue weighted by Gasteiger charge is -2.28. The van der Waals surface area contributed by atoms with Crippen molar-refractivity contribution in [3.8, 4) is 0 Å². The second-order valence-corrected chi connectivity index (χ2v) is 5.33. The van der Waals surface area contributed by atoms with Crippen molar-refractivity contribution in [2.24, 2.45) is 0 Å². The average molecular weight is 283 g/mol. The highest BCUT2D eigenvalue weighted by Crippen LogP contribution is 2.19. The zero-order valence-electron chi connectivity index (χ0n) is 12.4. The van der Waals surface area contributed by atoms with Gasteiger partial charge in [0.05, 0.1) is 25.5 Å². The molecule has 0 spiro atoms. The number of ether oxygens (including phenoxy) is 1. The number of rotatable bonds is 4. The van der Waals surface area contributed by atoms with Crippen molar-refractivity contribution < 1.29 is 4.74 Å². The number of pyridine rings is 1. The molecule has 0 atom stereocenters. The number of aromatic nitrogens is 1. The van der Waals surface area contributed by atoms with Gasteiger partial charge in [0.1, 0.15) is 0 Å². The fourth-order valence-corrected chi connectivity index (χ4v) is 2.41. The molecule has 4 nitrogen and oxygen atoms in total. The van der Waals surface area contributed by atoms with Gasteiger partial charge in [0.15, 0.2) is 0 Å². The zero-order chi connectivity index (χ0) is 14.5. The second kappa shape index (κ2) is 6.59. The zero-order valence-corrected chi connectivity index (χ0v) is 12.4. The van der Waals surface area contributed by atoms with Gasteiger partial charge in [-0.15, -0.1) is 0 Å². The molecule has 2 aromatic rings. The van der Waals surface area contributed by atoms with E-state index in [1.807, 2.05) is 6.20 Å². The van der Waals surface area contributed by atoms with E-state index in [9.17, 15) is 0 Å². The lowest BCUT2D eigenvalue weighted by atomic mass is 10.2. The van der Waals surface area contributed by atoms with E-state index >= 15 is 0 Å². The van der Waals surface area contributed by atoms with Crippen LogP contribution in [0.5, 0.6) is 0 Å². The molecule has 1 aliphatic rings. The van der Waals surface area contributed by atoms with Crippen molar-refractivity contribution >= 4 is 11.4 Å². The Kier molecular flexibility index (Phi) is 4.36. The number of nitrogens with zero attached hydrogens (tertiary/aromatic N) is 2. The van der Waals surface area contributed by atoms with E-state index in [1.165, 1.54) is 11.3 Å². The first kappa shape index (κ1) is 13.9. The van der Waals surface area contributed by atoms with Crippen molar-refractivity contribution in [3.05, 3.63) is 53.9 Å².